The summed E-state index contributed by atoms with van der Waals surface area (Å²) in [6, 6.07) is 0. The first-order valence-electron chi connectivity index (χ1n) is 7.78. The molecule has 0 amide bonds. The van der Waals surface area contributed by atoms with Crippen LogP contribution in [0.4, 0.5) is 0 Å². The van der Waals surface area contributed by atoms with Crippen molar-refractivity contribution in [1.29, 1.82) is 0 Å². The average molecular weight is 317 g/mol. The molecular formula is C16H37PSi2. The minimum Gasteiger partial charge on any atom is -0.0957 e. The van der Waals surface area contributed by atoms with Crippen LogP contribution < -0.4 is 0 Å². The van der Waals surface area contributed by atoms with Gasteiger partial charge < -0.3 is 0 Å². The average Bonchev–Trinajstić information content (AvgIpc) is 2.66. The van der Waals surface area contributed by atoms with E-state index >= 15 is 0 Å². The van der Waals surface area contributed by atoms with Crippen molar-refractivity contribution in [2.24, 2.45) is 5.41 Å². The van der Waals surface area contributed by atoms with E-state index in [0.717, 1.165) is 5.28 Å². The molecule has 1 heterocycles. The standard InChI is InChI=1S/C16H37PSi2/c1-14(2,3)16(19(10,11)12)13(18(7,8)9)17(16)15(4,5)6/h13H,1-12H3/t13-,16+,17?/m0/s1. The van der Waals surface area contributed by atoms with E-state index in [1.165, 1.54) is 0 Å². The van der Waals surface area contributed by atoms with Crippen LogP contribution in [0.25, 0.3) is 0 Å². The highest BCUT2D eigenvalue weighted by Crippen LogP contribution is 2.89. The number of hydrogen-bond donors (Lipinski definition) is 0. The highest BCUT2D eigenvalue weighted by Gasteiger charge is 2.78. The van der Waals surface area contributed by atoms with Crippen molar-refractivity contribution in [1.82, 2.24) is 0 Å². The van der Waals surface area contributed by atoms with Gasteiger partial charge in [-0.3, -0.25) is 0 Å². The molecule has 0 spiro atoms. The van der Waals surface area contributed by atoms with Gasteiger partial charge >= 0.3 is 0 Å². The SMILES string of the molecule is CC(C)(C)P1[C@@H]([Si](C)(C)C)[C@]1(C(C)(C)C)[Si](C)(C)C. The third-order valence-electron chi connectivity index (χ3n) is 4.80. The second-order valence-corrected chi connectivity index (χ2v) is 25.4. The predicted octanol–water partition coefficient (Wildman–Crippen LogP) is 6.19. The summed E-state index contributed by atoms with van der Waals surface area (Å²) < 4.78 is 0.693. The van der Waals surface area contributed by atoms with Crippen molar-refractivity contribution in [3.05, 3.63) is 0 Å². The molecule has 0 bridgehead atoms. The number of hydrogen-bond acceptors (Lipinski definition) is 0. The lowest BCUT2D eigenvalue weighted by Crippen LogP contribution is -2.55. The summed E-state index contributed by atoms with van der Waals surface area (Å²) in [5.41, 5.74) is 0.474. The van der Waals surface area contributed by atoms with Gasteiger partial charge in [-0.25, -0.2) is 0 Å². The zero-order valence-corrected chi connectivity index (χ0v) is 18.4. The van der Waals surface area contributed by atoms with Crippen LogP contribution in [0.15, 0.2) is 0 Å². The Balaban J connectivity index is 3.48. The first kappa shape index (κ1) is 17.9. The molecule has 0 aromatic heterocycles. The van der Waals surface area contributed by atoms with Crippen LogP contribution >= 0.6 is 7.92 Å². The summed E-state index contributed by atoms with van der Waals surface area (Å²) in [7, 11) is -2.12. The van der Waals surface area contributed by atoms with Crippen LogP contribution in [0.3, 0.4) is 0 Å². The van der Waals surface area contributed by atoms with E-state index in [1.54, 1.807) is 0 Å². The fourth-order valence-electron chi connectivity index (χ4n) is 4.89. The summed E-state index contributed by atoms with van der Waals surface area (Å²) in [6.07, 6.45) is 0. The second-order valence-electron chi connectivity index (χ2n) is 10.6. The third-order valence-corrected chi connectivity index (χ3v) is 20.6. The normalized spacial score (nSPS) is 33.5. The molecule has 1 saturated heterocycles. The fraction of sp³-hybridized carbons (Fsp3) is 1.00. The molecule has 1 unspecified atom stereocenters. The largest absolute Gasteiger partial charge is 0.0957 e. The van der Waals surface area contributed by atoms with Crippen LogP contribution in [0.2, 0.25) is 39.3 Å². The van der Waals surface area contributed by atoms with Crippen molar-refractivity contribution in [3.63, 3.8) is 0 Å². The van der Waals surface area contributed by atoms with E-state index in [1.807, 2.05) is 0 Å². The monoisotopic (exact) mass is 316 g/mol. The Morgan fingerprint density at radius 3 is 1.21 bits per heavy atom. The zero-order valence-electron chi connectivity index (χ0n) is 15.5. The minimum atomic E-state index is -1.19. The first-order chi connectivity index (χ1) is 7.99. The first-order valence-corrected chi connectivity index (χ1v) is 16.3. The Labute approximate surface area is 125 Å². The number of rotatable bonds is 2. The molecule has 114 valence electrons. The molecular weight excluding hydrogens is 279 g/mol. The maximum atomic E-state index is 2.64. The molecule has 0 aromatic carbocycles. The molecule has 0 aromatic rings. The molecule has 1 rings (SSSR count). The summed E-state index contributed by atoms with van der Waals surface area (Å²) in [5, 5.41) is 1.59. The summed E-state index contributed by atoms with van der Waals surface area (Å²) in [4.78, 5) is 0. The summed E-state index contributed by atoms with van der Waals surface area (Å²) in [6.45, 7) is 30.9. The highest BCUT2D eigenvalue weighted by atomic mass is 31.1. The smallest absolute Gasteiger partial charge is 0.0567 e. The molecule has 3 heteroatoms. The van der Waals surface area contributed by atoms with Crippen molar-refractivity contribution < 1.29 is 0 Å². The second kappa shape index (κ2) is 4.43. The minimum absolute atomic E-state index is 0.157. The molecule has 0 N–H and O–H groups in total. The van der Waals surface area contributed by atoms with Gasteiger partial charge in [-0.2, -0.15) is 0 Å². The molecule has 0 aliphatic carbocycles. The van der Waals surface area contributed by atoms with E-state index in [-0.39, 0.29) is 7.92 Å². The predicted molar refractivity (Wildman–Crippen MR) is 99.3 cm³/mol. The van der Waals surface area contributed by atoms with Gasteiger partial charge in [0.1, 0.15) is 0 Å². The lowest BCUT2D eigenvalue weighted by atomic mass is 9.92. The maximum absolute atomic E-state index is 2.64. The van der Waals surface area contributed by atoms with Gasteiger partial charge in [0.2, 0.25) is 0 Å². The quantitative estimate of drug-likeness (QED) is 0.421. The summed E-state index contributed by atoms with van der Waals surface area (Å²) in [5.74, 6) is 0. The van der Waals surface area contributed by atoms with E-state index in [0.29, 0.717) is 15.4 Å². The zero-order chi connectivity index (χ0) is 15.7. The van der Waals surface area contributed by atoms with E-state index in [9.17, 15) is 0 Å². The fourth-order valence-corrected chi connectivity index (χ4v) is 28.2. The maximum Gasteiger partial charge on any atom is 0.0567 e. The van der Waals surface area contributed by atoms with Gasteiger partial charge in [0.05, 0.1) is 16.1 Å². The van der Waals surface area contributed by atoms with Gasteiger partial charge in [0, 0.05) is 0 Å². The Hall–Kier alpha value is 0.864. The highest BCUT2D eigenvalue weighted by molar-refractivity contribution is 7.77. The van der Waals surface area contributed by atoms with E-state index < -0.39 is 16.1 Å². The molecule has 1 aliphatic rings. The third kappa shape index (κ3) is 2.67. The molecule has 0 radical (unpaired) electrons. The van der Waals surface area contributed by atoms with Crippen molar-refractivity contribution in [2.75, 3.05) is 0 Å². The van der Waals surface area contributed by atoms with Crippen molar-refractivity contribution >= 4 is 24.1 Å². The van der Waals surface area contributed by atoms with E-state index in [2.05, 4.69) is 80.8 Å². The molecule has 3 atom stereocenters. The van der Waals surface area contributed by atoms with Crippen LogP contribution in [0.5, 0.6) is 0 Å². The lowest BCUT2D eigenvalue weighted by molar-refractivity contribution is 0.384. The van der Waals surface area contributed by atoms with Crippen molar-refractivity contribution in [2.45, 2.75) is 96.0 Å². The Morgan fingerprint density at radius 1 is 0.789 bits per heavy atom. The van der Waals surface area contributed by atoms with Gasteiger partial charge in [0.25, 0.3) is 0 Å². The van der Waals surface area contributed by atoms with Gasteiger partial charge in [-0.05, 0) is 20.6 Å². The summed E-state index contributed by atoms with van der Waals surface area (Å²) >= 11 is 0. The van der Waals surface area contributed by atoms with Gasteiger partial charge in [-0.15, -0.1) is 0 Å². The lowest BCUT2D eigenvalue weighted by Gasteiger charge is -2.45. The molecule has 1 aliphatic heterocycles. The van der Waals surface area contributed by atoms with Gasteiger partial charge in [-0.1, -0.05) is 88.7 Å². The molecule has 19 heavy (non-hydrogen) atoms. The van der Waals surface area contributed by atoms with Crippen LogP contribution in [0, 0.1) is 5.41 Å². The molecule has 1 fully saturated rings. The Morgan fingerprint density at radius 2 is 1.16 bits per heavy atom. The molecule has 0 saturated carbocycles. The van der Waals surface area contributed by atoms with E-state index in [4.69, 9.17) is 0 Å². The Bertz CT molecular complexity index is 311. The van der Waals surface area contributed by atoms with Crippen LogP contribution in [-0.2, 0) is 0 Å². The van der Waals surface area contributed by atoms with Gasteiger partial charge in [0.15, 0.2) is 0 Å². The topological polar surface area (TPSA) is 0 Å². The van der Waals surface area contributed by atoms with Crippen LogP contribution in [-0.4, -0.2) is 31.4 Å². The van der Waals surface area contributed by atoms with Crippen LogP contribution in [0.1, 0.15) is 41.5 Å². The molecule has 0 nitrogen and oxygen atoms in total. The Kier molecular flexibility index (Phi) is 4.18. The van der Waals surface area contributed by atoms with Crippen molar-refractivity contribution in [3.8, 4) is 0 Å².